The van der Waals surface area contributed by atoms with E-state index in [1.165, 1.54) is 12.5 Å². The van der Waals surface area contributed by atoms with Crippen LogP contribution in [0.2, 0.25) is 0 Å². The highest BCUT2D eigenvalue weighted by Crippen LogP contribution is 1.78. The molecule has 0 rings (SSSR count). The molecule has 0 saturated carbocycles. The zero-order valence-corrected chi connectivity index (χ0v) is 5.98. The van der Waals surface area contributed by atoms with Crippen molar-refractivity contribution >= 4 is 12.3 Å². The SMILES string of the molecule is CN=CN(C)C=CC(=O)O. The van der Waals surface area contributed by atoms with Crippen molar-refractivity contribution in [3.05, 3.63) is 12.3 Å². The van der Waals surface area contributed by atoms with Crippen molar-refractivity contribution in [2.45, 2.75) is 0 Å². The predicted molar refractivity (Wildman–Crippen MR) is 39.0 cm³/mol. The summed E-state index contributed by atoms with van der Waals surface area (Å²) in [5.41, 5.74) is 0. The number of rotatable bonds is 3. The number of aliphatic carboxylic acids is 1. The van der Waals surface area contributed by atoms with Crippen LogP contribution in [0.4, 0.5) is 0 Å². The molecule has 0 fully saturated rings. The van der Waals surface area contributed by atoms with E-state index in [0.717, 1.165) is 6.08 Å². The molecule has 0 aliphatic heterocycles. The summed E-state index contributed by atoms with van der Waals surface area (Å²) in [6.07, 6.45) is 3.97. The fraction of sp³-hybridized carbons (Fsp3) is 0.333. The normalized spacial score (nSPS) is 11.0. The van der Waals surface area contributed by atoms with E-state index < -0.39 is 5.97 Å². The van der Waals surface area contributed by atoms with Gasteiger partial charge in [-0.1, -0.05) is 0 Å². The lowest BCUT2D eigenvalue weighted by Crippen LogP contribution is -2.07. The van der Waals surface area contributed by atoms with Crippen molar-refractivity contribution in [1.29, 1.82) is 0 Å². The molecular formula is C6H10N2O2. The number of hydrogen-bond donors (Lipinski definition) is 1. The lowest BCUT2D eigenvalue weighted by atomic mass is 10.6. The maximum absolute atomic E-state index is 9.95. The summed E-state index contributed by atoms with van der Waals surface area (Å²) in [4.78, 5) is 15.2. The molecule has 0 atom stereocenters. The minimum absolute atomic E-state index is 0.962. The molecule has 4 heteroatoms. The molecule has 0 spiro atoms. The smallest absolute Gasteiger partial charge is 0.329 e. The largest absolute Gasteiger partial charge is 0.478 e. The summed E-state index contributed by atoms with van der Waals surface area (Å²) in [5, 5.41) is 8.17. The second-order valence-electron chi connectivity index (χ2n) is 1.69. The lowest BCUT2D eigenvalue weighted by Gasteiger charge is -2.02. The van der Waals surface area contributed by atoms with Crippen LogP contribution in [0, 0.1) is 0 Å². The third kappa shape index (κ3) is 4.83. The van der Waals surface area contributed by atoms with Crippen LogP contribution in [-0.2, 0) is 4.79 Å². The van der Waals surface area contributed by atoms with E-state index in [-0.39, 0.29) is 0 Å². The third-order valence-electron chi connectivity index (χ3n) is 0.750. The van der Waals surface area contributed by atoms with Gasteiger partial charge in [-0.25, -0.2) is 4.79 Å². The molecule has 0 aliphatic rings. The Bertz CT molecular complexity index is 163. The van der Waals surface area contributed by atoms with Crippen molar-refractivity contribution < 1.29 is 9.90 Å². The van der Waals surface area contributed by atoms with Gasteiger partial charge in [0, 0.05) is 26.4 Å². The van der Waals surface area contributed by atoms with Crippen LogP contribution >= 0.6 is 0 Å². The molecule has 10 heavy (non-hydrogen) atoms. The first-order valence-corrected chi connectivity index (χ1v) is 2.72. The zero-order chi connectivity index (χ0) is 7.98. The molecule has 1 N–H and O–H groups in total. The summed E-state index contributed by atoms with van der Waals surface area (Å²) < 4.78 is 0. The maximum Gasteiger partial charge on any atom is 0.329 e. The monoisotopic (exact) mass is 142 g/mol. The van der Waals surface area contributed by atoms with Gasteiger partial charge in [0.1, 0.15) is 0 Å². The highest BCUT2D eigenvalue weighted by atomic mass is 16.4. The first kappa shape index (κ1) is 8.68. The van der Waals surface area contributed by atoms with Gasteiger partial charge in [-0.3, -0.25) is 4.99 Å². The van der Waals surface area contributed by atoms with Gasteiger partial charge in [0.15, 0.2) is 0 Å². The number of carboxylic acids is 1. The van der Waals surface area contributed by atoms with E-state index in [9.17, 15) is 4.79 Å². The van der Waals surface area contributed by atoms with E-state index in [1.807, 2.05) is 0 Å². The molecule has 0 aromatic rings. The average molecular weight is 142 g/mol. The number of carbonyl (C=O) groups is 1. The van der Waals surface area contributed by atoms with E-state index >= 15 is 0 Å². The van der Waals surface area contributed by atoms with Gasteiger partial charge < -0.3 is 10.0 Å². The van der Waals surface area contributed by atoms with Crippen LogP contribution in [-0.4, -0.2) is 36.4 Å². The number of carboxylic acid groups (broad SMARTS) is 1. The molecular weight excluding hydrogens is 132 g/mol. The first-order chi connectivity index (χ1) is 4.66. The Morgan fingerprint density at radius 3 is 2.70 bits per heavy atom. The third-order valence-corrected chi connectivity index (χ3v) is 0.750. The molecule has 0 radical (unpaired) electrons. The molecule has 0 aliphatic carbocycles. The molecule has 0 bridgehead atoms. The van der Waals surface area contributed by atoms with Crippen molar-refractivity contribution in [1.82, 2.24) is 4.90 Å². The molecule has 0 unspecified atom stereocenters. The Kier molecular flexibility index (Phi) is 3.95. The second kappa shape index (κ2) is 4.55. The van der Waals surface area contributed by atoms with Crippen LogP contribution in [0.1, 0.15) is 0 Å². The minimum Gasteiger partial charge on any atom is -0.478 e. The molecule has 0 heterocycles. The predicted octanol–water partition coefficient (Wildman–Crippen LogP) is 0.175. The summed E-state index contributed by atoms with van der Waals surface area (Å²) in [6, 6.07) is 0. The second-order valence-corrected chi connectivity index (χ2v) is 1.69. The number of aliphatic imine (C=N–C) groups is 1. The summed E-state index contributed by atoms with van der Waals surface area (Å²) in [7, 11) is 3.32. The van der Waals surface area contributed by atoms with E-state index in [1.54, 1.807) is 19.0 Å². The lowest BCUT2D eigenvalue weighted by molar-refractivity contribution is -0.131. The molecule has 0 saturated heterocycles. The van der Waals surface area contributed by atoms with E-state index in [0.29, 0.717) is 0 Å². The van der Waals surface area contributed by atoms with Gasteiger partial charge in [0.25, 0.3) is 0 Å². The summed E-state index contributed by atoms with van der Waals surface area (Å²) in [5.74, 6) is -0.962. The molecule has 4 nitrogen and oxygen atoms in total. The Labute approximate surface area is 59.5 Å². The van der Waals surface area contributed by atoms with Crippen LogP contribution in [0.5, 0.6) is 0 Å². The molecule has 0 aromatic heterocycles. The standard InChI is InChI=1S/C6H10N2O2/c1-7-5-8(2)4-3-6(9)10/h3-5H,1-2H3,(H,9,10). The van der Waals surface area contributed by atoms with Gasteiger partial charge in [-0.15, -0.1) is 0 Å². The molecule has 56 valence electrons. The quantitative estimate of drug-likeness (QED) is 0.347. The highest BCUT2D eigenvalue weighted by Gasteiger charge is 1.85. The zero-order valence-electron chi connectivity index (χ0n) is 5.98. The number of nitrogens with zero attached hydrogens (tertiary/aromatic N) is 2. The topological polar surface area (TPSA) is 52.9 Å². The Morgan fingerprint density at radius 2 is 2.30 bits per heavy atom. The van der Waals surface area contributed by atoms with Crippen molar-refractivity contribution in [2.24, 2.45) is 4.99 Å². The number of hydrogen-bond acceptors (Lipinski definition) is 2. The molecule has 0 amide bonds. The van der Waals surface area contributed by atoms with Crippen LogP contribution < -0.4 is 0 Å². The van der Waals surface area contributed by atoms with Gasteiger partial charge >= 0.3 is 5.97 Å². The molecule has 0 aromatic carbocycles. The van der Waals surface area contributed by atoms with Crippen molar-refractivity contribution in [2.75, 3.05) is 14.1 Å². The van der Waals surface area contributed by atoms with Gasteiger partial charge in [-0.2, -0.15) is 0 Å². The first-order valence-electron chi connectivity index (χ1n) is 2.72. The fourth-order valence-electron chi connectivity index (χ4n) is 0.402. The van der Waals surface area contributed by atoms with Crippen LogP contribution in [0.15, 0.2) is 17.3 Å². The van der Waals surface area contributed by atoms with Gasteiger partial charge in [-0.05, 0) is 0 Å². The Morgan fingerprint density at radius 1 is 1.70 bits per heavy atom. The van der Waals surface area contributed by atoms with Gasteiger partial charge in [0.2, 0.25) is 0 Å². The van der Waals surface area contributed by atoms with Crippen LogP contribution in [0.3, 0.4) is 0 Å². The van der Waals surface area contributed by atoms with E-state index in [4.69, 9.17) is 5.11 Å². The summed E-state index contributed by atoms with van der Waals surface area (Å²) in [6.45, 7) is 0. The Balaban J connectivity index is 3.77. The average Bonchev–Trinajstić information content (AvgIpc) is 1.85. The maximum atomic E-state index is 9.95. The van der Waals surface area contributed by atoms with Crippen molar-refractivity contribution in [3.8, 4) is 0 Å². The van der Waals surface area contributed by atoms with Gasteiger partial charge in [0.05, 0.1) is 6.34 Å². The fourth-order valence-corrected chi connectivity index (χ4v) is 0.402. The van der Waals surface area contributed by atoms with Crippen LogP contribution in [0.25, 0.3) is 0 Å². The van der Waals surface area contributed by atoms with Crippen molar-refractivity contribution in [3.63, 3.8) is 0 Å². The van der Waals surface area contributed by atoms with E-state index in [2.05, 4.69) is 4.99 Å². The Hall–Kier alpha value is -1.32. The minimum atomic E-state index is -0.962. The highest BCUT2D eigenvalue weighted by molar-refractivity contribution is 5.80. The summed E-state index contributed by atoms with van der Waals surface area (Å²) >= 11 is 0.